The minimum atomic E-state index is -0.0304. The molecule has 2 aromatic rings. The largest absolute Gasteiger partial charge is 0.353 e. The van der Waals surface area contributed by atoms with Crippen LogP contribution in [0, 0.1) is 0 Å². The van der Waals surface area contributed by atoms with Gasteiger partial charge in [0.15, 0.2) is 0 Å². The third kappa shape index (κ3) is 5.14. The third-order valence-electron chi connectivity index (χ3n) is 4.79. The molecule has 1 N–H and O–H groups in total. The maximum atomic E-state index is 12.7. The molecular formula is C20H26N4O2S. The first-order valence-electron chi connectivity index (χ1n) is 9.38. The molecule has 7 heteroatoms. The molecule has 0 spiro atoms. The molecule has 2 heterocycles. The lowest BCUT2D eigenvalue weighted by Crippen LogP contribution is -2.51. The first-order valence-corrected chi connectivity index (χ1v) is 10.3. The number of carbonyl (C=O) groups is 2. The van der Waals surface area contributed by atoms with Crippen LogP contribution in [0.2, 0.25) is 0 Å². The van der Waals surface area contributed by atoms with Crippen molar-refractivity contribution in [3.05, 3.63) is 41.4 Å². The highest BCUT2D eigenvalue weighted by atomic mass is 32.1. The highest BCUT2D eigenvalue weighted by Crippen LogP contribution is 2.24. The Kier molecular flexibility index (Phi) is 6.58. The summed E-state index contributed by atoms with van der Waals surface area (Å²) in [6, 6.07) is 10.1. The van der Waals surface area contributed by atoms with Gasteiger partial charge in [-0.15, -0.1) is 11.3 Å². The number of nitrogens with zero attached hydrogens (tertiary/aromatic N) is 3. The fraction of sp³-hybridized carbons (Fsp3) is 0.450. The zero-order valence-corrected chi connectivity index (χ0v) is 16.7. The van der Waals surface area contributed by atoms with E-state index in [4.69, 9.17) is 0 Å². The standard InChI is InChI=1S/C20H26N4O2S/c1-3-15(2)21-18(25)13-23-9-11-24(12-10-23)20(26)17-14-27-19(22-17)16-7-5-4-6-8-16/h4-8,14-15H,3,9-13H2,1-2H3,(H,21,25). The summed E-state index contributed by atoms with van der Waals surface area (Å²) in [7, 11) is 0. The summed E-state index contributed by atoms with van der Waals surface area (Å²) in [5.41, 5.74) is 1.53. The number of amides is 2. The molecule has 0 radical (unpaired) electrons. The SMILES string of the molecule is CCC(C)NC(=O)CN1CCN(C(=O)c2csc(-c3ccccc3)n2)CC1. The van der Waals surface area contributed by atoms with E-state index in [1.807, 2.05) is 47.5 Å². The van der Waals surface area contributed by atoms with Crippen molar-refractivity contribution < 1.29 is 9.59 Å². The van der Waals surface area contributed by atoms with E-state index in [0.717, 1.165) is 17.0 Å². The fourth-order valence-corrected chi connectivity index (χ4v) is 3.78. The molecule has 1 aliphatic heterocycles. The Morgan fingerprint density at radius 2 is 1.89 bits per heavy atom. The predicted molar refractivity (Wildman–Crippen MR) is 108 cm³/mol. The lowest BCUT2D eigenvalue weighted by Gasteiger charge is -2.34. The normalized spacial score (nSPS) is 16.1. The highest BCUT2D eigenvalue weighted by Gasteiger charge is 2.25. The van der Waals surface area contributed by atoms with E-state index in [-0.39, 0.29) is 17.9 Å². The molecule has 144 valence electrons. The molecule has 1 aromatic carbocycles. The number of aromatic nitrogens is 1. The van der Waals surface area contributed by atoms with Gasteiger partial charge in [0.25, 0.3) is 5.91 Å². The third-order valence-corrected chi connectivity index (χ3v) is 5.68. The van der Waals surface area contributed by atoms with Crippen molar-refractivity contribution in [3.63, 3.8) is 0 Å². The zero-order chi connectivity index (χ0) is 19.2. The Hall–Kier alpha value is -2.25. The summed E-state index contributed by atoms with van der Waals surface area (Å²) in [5.74, 6) is 0.0215. The first-order chi connectivity index (χ1) is 13.1. The maximum Gasteiger partial charge on any atom is 0.273 e. The second-order valence-corrected chi connectivity index (χ2v) is 7.71. The van der Waals surface area contributed by atoms with Gasteiger partial charge in [0.2, 0.25) is 5.91 Å². The summed E-state index contributed by atoms with van der Waals surface area (Å²) in [6.45, 7) is 7.09. The van der Waals surface area contributed by atoms with Crippen LogP contribution in [0.15, 0.2) is 35.7 Å². The molecule has 1 unspecified atom stereocenters. The van der Waals surface area contributed by atoms with E-state index in [1.165, 1.54) is 11.3 Å². The summed E-state index contributed by atoms with van der Waals surface area (Å²) >= 11 is 1.49. The molecule has 27 heavy (non-hydrogen) atoms. The molecule has 0 saturated carbocycles. The average molecular weight is 387 g/mol. The van der Waals surface area contributed by atoms with Crippen molar-refractivity contribution in [2.45, 2.75) is 26.3 Å². The Morgan fingerprint density at radius 1 is 1.19 bits per heavy atom. The Morgan fingerprint density at radius 3 is 2.56 bits per heavy atom. The van der Waals surface area contributed by atoms with Crippen LogP contribution in [0.5, 0.6) is 0 Å². The van der Waals surface area contributed by atoms with Crippen molar-refractivity contribution in [3.8, 4) is 10.6 Å². The molecule has 1 aliphatic rings. The Balaban J connectivity index is 1.52. The number of hydrogen-bond donors (Lipinski definition) is 1. The van der Waals surface area contributed by atoms with Crippen LogP contribution < -0.4 is 5.32 Å². The highest BCUT2D eigenvalue weighted by molar-refractivity contribution is 7.13. The minimum Gasteiger partial charge on any atom is -0.353 e. The van der Waals surface area contributed by atoms with E-state index in [0.29, 0.717) is 38.4 Å². The van der Waals surface area contributed by atoms with Crippen molar-refractivity contribution in [1.29, 1.82) is 0 Å². The van der Waals surface area contributed by atoms with Crippen LogP contribution in [0.3, 0.4) is 0 Å². The second kappa shape index (κ2) is 9.10. The van der Waals surface area contributed by atoms with Gasteiger partial charge in [0.05, 0.1) is 6.54 Å². The molecule has 2 amide bonds. The lowest BCUT2D eigenvalue weighted by molar-refractivity contribution is -0.123. The van der Waals surface area contributed by atoms with E-state index in [9.17, 15) is 9.59 Å². The molecule has 0 aliphatic carbocycles. The van der Waals surface area contributed by atoms with E-state index in [1.54, 1.807) is 0 Å². The molecule has 0 bridgehead atoms. The maximum absolute atomic E-state index is 12.7. The molecule has 6 nitrogen and oxygen atoms in total. The minimum absolute atomic E-state index is 0.0304. The zero-order valence-electron chi connectivity index (χ0n) is 15.9. The smallest absolute Gasteiger partial charge is 0.273 e. The van der Waals surface area contributed by atoms with Gasteiger partial charge in [0.1, 0.15) is 10.7 Å². The molecule has 1 fully saturated rings. The van der Waals surface area contributed by atoms with Gasteiger partial charge in [0, 0.05) is 43.2 Å². The quantitative estimate of drug-likeness (QED) is 0.828. The van der Waals surface area contributed by atoms with Crippen LogP contribution >= 0.6 is 11.3 Å². The van der Waals surface area contributed by atoms with Gasteiger partial charge in [-0.25, -0.2) is 4.98 Å². The van der Waals surface area contributed by atoms with Gasteiger partial charge < -0.3 is 10.2 Å². The van der Waals surface area contributed by atoms with Crippen LogP contribution in [-0.2, 0) is 4.79 Å². The van der Waals surface area contributed by atoms with Gasteiger partial charge >= 0.3 is 0 Å². The number of hydrogen-bond acceptors (Lipinski definition) is 5. The summed E-state index contributed by atoms with van der Waals surface area (Å²) in [4.78, 5) is 33.2. The van der Waals surface area contributed by atoms with Crippen molar-refractivity contribution in [2.24, 2.45) is 0 Å². The molecule has 1 aromatic heterocycles. The number of rotatable bonds is 6. The number of thiazole rings is 1. The van der Waals surface area contributed by atoms with Crippen LogP contribution in [0.4, 0.5) is 0 Å². The van der Waals surface area contributed by atoms with Crippen LogP contribution in [0.1, 0.15) is 30.8 Å². The van der Waals surface area contributed by atoms with Crippen molar-refractivity contribution in [2.75, 3.05) is 32.7 Å². The second-order valence-electron chi connectivity index (χ2n) is 6.85. The number of benzene rings is 1. The number of carbonyl (C=O) groups excluding carboxylic acids is 2. The number of nitrogens with one attached hydrogen (secondary N) is 1. The van der Waals surface area contributed by atoms with E-state index < -0.39 is 0 Å². The summed E-state index contributed by atoms with van der Waals surface area (Å²) < 4.78 is 0. The summed E-state index contributed by atoms with van der Waals surface area (Å²) in [5, 5.41) is 5.68. The van der Waals surface area contributed by atoms with Gasteiger partial charge in [-0.05, 0) is 13.3 Å². The predicted octanol–water partition coefficient (Wildman–Crippen LogP) is 2.48. The van der Waals surface area contributed by atoms with E-state index >= 15 is 0 Å². The molecule has 1 saturated heterocycles. The monoisotopic (exact) mass is 386 g/mol. The fourth-order valence-electron chi connectivity index (χ4n) is 2.98. The van der Waals surface area contributed by atoms with Gasteiger partial charge in [-0.1, -0.05) is 37.3 Å². The average Bonchev–Trinajstić information content (AvgIpc) is 3.18. The Labute approximate surface area is 164 Å². The van der Waals surface area contributed by atoms with Crippen molar-refractivity contribution in [1.82, 2.24) is 20.1 Å². The molecule has 3 rings (SSSR count). The Bertz CT molecular complexity index is 769. The van der Waals surface area contributed by atoms with Gasteiger partial charge in [-0.3, -0.25) is 14.5 Å². The van der Waals surface area contributed by atoms with Crippen LogP contribution in [-0.4, -0.2) is 65.4 Å². The van der Waals surface area contributed by atoms with Crippen molar-refractivity contribution >= 4 is 23.2 Å². The van der Waals surface area contributed by atoms with E-state index in [2.05, 4.69) is 22.1 Å². The topological polar surface area (TPSA) is 65.5 Å². The summed E-state index contributed by atoms with van der Waals surface area (Å²) in [6.07, 6.45) is 0.923. The molecule has 1 atom stereocenters. The van der Waals surface area contributed by atoms with Crippen LogP contribution in [0.25, 0.3) is 10.6 Å². The lowest BCUT2D eigenvalue weighted by atomic mass is 10.2. The number of piperazine rings is 1. The van der Waals surface area contributed by atoms with Gasteiger partial charge in [-0.2, -0.15) is 0 Å². The first kappa shape index (κ1) is 19.5. The molecular weight excluding hydrogens is 360 g/mol.